The van der Waals surface area contributed by atoms with Crippen LogP contribution in [0.5, 0.6) is 0 Å². The fourth-order valence-electron chi connectivity index (χ4n) is 1.53. The SMILES string of the molecule is Cn1c(=O)ccc2ncc(F)c(CBr)c21. The maximum absolute atomic E-state index is 13.4. The van der Waals surface area contributed by atoms with Crippen molar-refractivity contribution in [3.63, 3.8) is 0 Å². The molecule has 0 aliphatic rings. The summed E-state index contributed by atoms with van der Waals surface area (Å²) >= 11 is 3.21. The van der Waals surface area contributed by atoms with Crippen molar-refractivity contribution in [2.24, 2.45) is 7.05 Å². The third kappa shape index (κ3) is 1.56. The second-order valence-electron chi connectivity index (χ2n) is 3.18. The lowest BCUT2D eigenvalue weighted by atomic mass is 10.2. The highest BCUT2D eigenvalue weighted by atomic mass is 79.9. The molecule has 0 saturated heterocycles. The van der Waals surface area contributed by atoms with Crippen LogP contribution < -0.4 is 5.56 Å². The molecule has 2 rings (SSSR count). The fraction of sp³-hybridized carbons (Fsp3) is 0.200. The van der Waals surface area contributed by atoms with Crippen LogP contribution in [0.4, 0.5) is 4.39 Å². The van der Waals surface area contributed by atoms with E-state index in [9.17, 15) is 9.18 Å². The summed E-state index contributed by atoms with van der Waals surface area (Å²) in [6.07, 6.45) is 1.17. The summed E-state index contributed by atoms with van der Waals surface area (Å²) < 4.78 is 14.8. The number of hydrogen-bond acceptors (Lipinski definition) is 2. The predicted molar refractivity (Wildman–Crippen MR) is 59.6 cm³/mol. The van der Waals surface area contributed by atoms with Gasteiger partial charge in [-0.15, -0.1) is 0 Å². The van der Waals surface area contributed by atoms with E-state index in [0.29, 0.717) is 21.9 Å². The lowest BCUT2D eigenvalue weighted by Gasteiger charge is -2.08. The van der Waals surface area contributed by atoms with Crippen molar-refractivity contribution < 1.29 is 4.39 Å². The molecule has 0 fully saturated rings. The highest BCUT2D eigenvalue weighted by molar-refractivity contribution is 9.08. The monoisotopic (exact) mass is 270 g/mol. The molecule has 0 aliphatic heterocycles. The van der Waals surface area contributed by atoms with Gasteiger partial charge in [0.25, 0.3) is 5.56 Å². The molecule has 0 atom stereocenters. The summed E-state index contributed by atoms with van der Waals surface area (Å²) in [5.74, 6) is -0.402. The van der Waals surface area contributed by atoms with Crippen LogP contribution in [0.1, 0.15) is 5.56 Å². The quantitative estimate of drug-likeness (QED) is 0.743. The number of fused-ring (bicyclic) bond motifs is 1. The zero-order chi connectivity index (χ0) is 11.0. The number of nitrogens with zero attached hydrogens (tertiary/aromatic N) is 2. The first-order chi connectivity index (χ1) is 7.15. The molecule has 0 saturated carbocycles. The van der Waals surface area contributed by atoms with Gasteiger partial charge in [-0.2, -0.15) is 0 Å². The van der Waals surface area contributed by atoms with Gasteiger partial charge in [-0.25, -0.2) is 4.39 Å². The smallest absolute Gasteiger partial charge is 0.250 e. The van der Waals surface area contributed by atoms with E-state index in [0.717, 1.165) is 0 Å². The molecule has 0 unspecified atom stereocenters. The van der Waals surface area contributed by atoms with Crippen molar-refractivity contribution in [3.8, 4) is 0 Å². The van der Waals surface area contributed by atoms with Gasteiger partial charge in [0.15, 0.2) is 0 Å². The van der Waals surface area contributed by atoms with E-state index in [1.807, 2.05) is 0 Å². The number of rotatable bonds is 1. The van der Waals surface area contributed by atoms with Crippen LogP contribution in [-0.4, -0.2) is 9.55 Å². The minimum absolute atomic E-state index is 0.169. The molecule has 0 radical (unpaired) electrons. The van der Waals surface area contributed by atoms with Gasteiger partial charge in [0.1, 0.15) is 5.82 Å². The summed E-state index contributed by atoms with van der Waals surface area (Å²) in [7, 11) is 1.61. The van der Waals surface area contributed by atoms with Crippen LogP contribution in [0, 0.1) is 5.82 Å². The van der Waals surface area contributed by atoms with Gasteiger partial charge in [0.2, 0.25) is 0 Å². The second-order valence-corrected chi connectivity index (χ2v) is 3.74. The van der Waals surface area contributed by atoms with Crippen LogP contribution in [0.2, 0.25) is 0 Å². The maximum Gasteiger partial charge on any atom is 0.250 e. The first-order valence-corrected chi connectivity index (χ1v) is 5.46. The molecule has 0 bridgehead atoms. The van der Waals surface area contributed by atoms with Gasteiger partial charge in [-0.3, -0.25) is 9.78 Å². The van der Waals surface area contributed by atoms with Gasteiger partial charge in [-0.05, 0) is 6.07 Å². The van der Waals surface area contributed by atoms with Crippen LogP contribution in [0.25, 0.3) is 11.0 Å². The molecule has 5 heteroatoms. The van der Waals surface area contributed by atoms with E-state index < -0.39 is 5.82 Å². The molecule has 0 aliphatic carbocycles. The normalized spacial score (nSPS) is 10.9. The zero-order valence-corrected chi connectivity index (χ0v) is 9.58. The van der Waals surface area contributed by atoms with Crippen molar-refractivity contribution in [2.45, 2.75) is 5.33 Å². The molecule has 2 aromatic heterocycles. The molecule has 2 heterocycles. The maximum atomic E-state index is 13.4. The Bertz CT molecular complexity index is 579. The standard InChI is InChI=1S/C10H8BrFN2O/c1-14-9(15)3-2-8-10(14)6(4-11)7(12)5-13-8/h2-3,5H,4H2,1H3. The lowest BCUT2D eigenvalue weighted by molar-refractivity contribution is 0.612. The Kier molecular flexibility index (Phi) is 2.56. The van der Waals surface area contributed by atoms with E-state index in [2.05, 4.69) is 20.9 Å². The highest BCUT2D eigenvalue weighted by Crippen LogP contribution is 2.19. The van der Waals surface area contributed by atoms with Gasteiger partial charge in [-0.1, -0.05) is 15.9 Å². The van der Waals surface area contributed by atoms with Crippen LogP contribution in [0.3, 0.4) is 0 Å². The van der Waals surface area contributed by atoms with E-state index in [-0.39, 0.29) is 5.56 Å². The Morgan fingerprint density at radius 1 is 1.53 bits per heavy atom. The summed E-state index contributed by atoms with van der Waals surface area (Å²) in [6.45, 7) is 0. The van der Waals surface area contributed by atoms with Crippen LogP contribution in [0.15, 0.2) is 23.1 Å². The first kappa shape index (κ1) is 10.3. The van der Waals surface area contributed by atoms with Crippen molar-refractivity contribution in [2.75, 3.05) is 0 Å². The summed E-state index contributed by atoms with van der Waals surface area (Å²) in [6, 6.07) is 3.02. The van der Waals surface area contributed by atoms with Gasteiger partial charge in [0, 0.05) is 24.0 Å². The molecular formula is C10H8BrFN2O. The van der Waals surface area contributed by atoms with E-state index in [4.69, 9.17) is 0 Å². The minimum Gasteiger partial charge on any atom is -0.309 e. The van der Waals surface area contributed by atoms with E-state index in [1.54, 1.807) is 13.1 Å². The summed E-state index contributed by atoms with van der Waals surface area (Å²) in [4.78, 5) is 15.3. The van der Waals surface area contributed by atoms with Gasteiger partial charge < -0.3 is 4.57 Å². The number of aryl methyl sites for hydroxylation is 1. The molecule has 3 nitrogen and oxygen atoms in total. The number of aromatic nitrogens is 2. The van der Waals surface area contributed by atoms with Crippen molar-refractivity contribution >= 4 is 27.0 Å². The average molecular weight is 271 g/mol. The Hall–Kier alpha value is -1.23. The number of pyridine rings is 2. The predicted octanol–water partition coefficient (Wildman–Crippen LogP) is 1.97. The Morgan fingerprint density at radius 3 is 2.93 bits per heavy atom. The average Bonchev–Trinajstić information content (AvgIpc) is 2.24. The molecule has 2 aromatic rings. The third-order valence-electron chi connectivity index (χ3n) is 2.32. The summed E-state index contributed by atoms with van der Waals surface area (Å²) in [5.41, 5.74) is 1.45. The molecule has 0 amide bonds. The Morgan fingerprint density at radius 2 is 2.27 bits per heavy atom. The lowest BCUT2D eigenvalue weighted by Crippen LogP contribution is -2.17. The van der Waals surface area contributed by atoms with Crippen molar-refractivity contribution in [3.05, 3.63) is 40.1 Å². The number of hydrogen-bond donors (Lipinski definition) is 0. The highest BCUT2D eigenvalue weighted by Gasteiger charge is 2.10. The van der Waals surface area contributed by atoms with Crippen LogP contribution >= 0.6 is 15.9 Å². The molecule has 0 N–H and O–H groups in total. The van der Waals surface area contributed by atoms with Crippen molar-refractivity contribution in [1.82, 2.24) is 9.55 Å². The summed E-state index contributed by atoms with van der Waals surface area (Å²) in [5, 5.41) is 0.356. The van der Waals surface area contributed by atoms with E-state index in [1.165, 1.54) is 16.8 Å². The second kappa shape index (κ2) is 3.73. The third-order valence-corrected chi connectivity index (χ3v) is 2.88. The Labute approximate surface area is 93.7 Å². The Balaban J connectivity index is 3.01. The minimum atomic E-state index is -0.402. The van der Waals surface area contributed by atoms with Gasteiger partial charge in [0.05, 0.1) is 17.2 Å². The number of alkyl halides is 1. The molecule has 15 heavy (non-hydrogen) atoms. The molecular weight excluding hydrogens is 263 g/mol. The largest absolute Gasteiger partial charge is 0.309 e. The van der Waals surface area contributed by atoms with Crippen molar-refractivity contribution in [1.29, 1.82) is 0 Å². The number of halogens is 2. The topological polar surface area (TPSA) is 34.9 Å². The molecule has 0 spiro atoms. The van der Waals surface area contributed by atoms with Gasteiger partial charge >= 0.3 is 0 Å². The zero-order valence-electron chi connectivity index (χ0n) is 8.00. The molecule has 78 valence electrons. The first-order valence-electron chi connectivity index (χ1n) is 4.34. The van der Waals surface area contributed by atoms with Crippen LogP contribution in [-0.2, 0) is 12.4 Å². The molecule has 0 aromatic carbocycles. The fourth-order valence-corrected chi connectivity index (χ4v) is 2.06. The van der Waals surface area contributed by atoms with E-state index >= 15 is 0 Å².